The predicted molar refractivity (Wildman–Crippen MR) is 51.6 cm³/mol. The molecular formula is C10H13NO. The number of methoxy groups -OCH3 is 1. The van der Waals surface area contributed by atoms with Crippen molar-refractivity contribution in [2.45, 2.75) is 6.92 Å². The van der Waals surface area contributed by atoms with Crippen molar-refractivity contribution in [2.75, 3.05) is 12.8 Å². The number of hydrogen-bond acceptors (Lipinski definition) is 2. The minimum Gasteiger partial charge on any atom is -0.497 e. The zero-order valence-electron chi connectivity index (χ0n) is 7.42. The summed E-state index contributed by atoms with van der Waals surface area (Å²) >= 11 is 0. The summed E-state index contributed by atoms with van der Waals surface area (Å²) in [6.45, 7) is 5.75. The maximum Gasteiger partial charge on any atom is 0.119 e. The molecule has 1 aromatic rings. The molecular weight excluding hydrogens is 150 g/mol. The Morgan fingerprint density at radius 3 is 2.67 bits per heavy atom. The van der Waals surface area contributed by atoms with Crippen molar-refractivity contribution in [1.82, 2.24) is 0 Å². The third-order valence-electron chi connectivity index (χ3n) is 1.80. The lowest BCUT2D eigenvalue weighted by molar-refractivity contribution is 0.371. The van der Waals surface area contributed by atoms with Gasteiger partial charge in [0.15, 0.2) is 0 Å². The molecule has 0 spiro atoms. The zero-order chi connectivity index (χ0) is 9.14. The van der Waals surface area contributed by atoms with Crippen LogP contribution in [-0.2, 0) is 4.74 Å². The highest BCUT2D eigenvalue weighted by molar-refractivity contribution is 5.63. The van der Waals surface area contributed by atoms with E-state index >= 15 is 0 Å². The number of nitrogens with two attached hydrogens (primary N) is 1. The molecule has 0 atom stereocenters. The van der Waals surface area contributed by atoms with Gasteiger partial charge in [-0.2, -0.15) is 0 Å². The van der Waals surface area contributed by atoms with Crippen molar-refractivity contribution >= 4 is 11.4 Å². The molecule has 2 N–H and O–H groups in total. The topological polar surface area (TPSA) is 35.2 Å². The number of hydrogen-bond donors (Lipinski definition) is 1. The van der Waals surface area contributed by atoms with Gasteiger partial charge in [0.1, 0.15) is 5.76 Å². The Bertz CT molecular complexity index is 305. The van der Waals surface area contributed by atoms with Gasteiger partial charge in [0.25, 0.3) is 0 Å². The van der Waals surface area contributed by atoms with E-state index in [1.807, 2.05) is 25.1 Å². The molecule has 64 valence electrons. The lowest BCUT2D eigenvalue weighted by atomic mass is 10.1. The largest absolute Gasteiger partial charge is 0.497 e. The quantitative estimate of drug-likeness (QED) is 0.535. The smallest absolute Gasteiger partial charge is 0.119 e. The average molecular weight is 163 g/mol. The molecule has 0 heterocycles. The highest BCUT2D eigenvalue weighted by Gasteiger charge is 2.01. The number of rotatable bonds is 2. The molecule has 0 amide bonds. The second kappa shape index (κ2) is 3.30. The van der Waals surface area contributed by atoms with Crippen molar-refractivity contribution in [3.05, 3.63) is 35.9 Å². The summed E-state index contributed by atoms with van der Waals surface area (Å²) in [5.41, 5.74) is 8.45. The first-order valence-electron chi connectivity index (χ1n) is 3.74. The van der Waals surface area contributed by atoms with Crippen LogP contribution in [0.2, 0.25) is 0 Å². The molecule has 0 saturated heterocycles. The molecule has 1 aromatic carbocycles. The van der Waals surface area contributed by atoms with Crippen molar-refractivity contribution in [3.8, 4) is 0 Å². The Hall–Kier alpha value is -1.44. The van der Waals surface area contributed by atoms with Crippen LogP contribution < -0.4 is 5.73 Å². The van der Waals surface area contributed by atoms with Gasteiger partial charge in [0, 0.05) is 11.3 Å². The van der Waals surface area contributed by atoms with Crippen LogP contribution in [0.4, 0.5) is 5.69 Å². The van der Waals surface area contributed by atoms with Gasteiger partial charge >= 0.3 is 0 Å². The zero-order valence-corrected chi connectivity index (χ0v) is 7.42. The summed E-state index contributed by atoms with van der Waals surface area (Å²) in [6, 6.07) is 5.66. The number of nitrogen functional groups attached to an aromatic ring is 1. The Morgan fingerprint density at radius 2 is 2.17 bits per heavy atom. The Balaban J connectivity index is 3.09. The standard InChI is InChI=1S/C10H13NO/c1-7-6-9(11)4-5-10(7)8(2)12-3/h4-6H,2,11H2,1,3H3. The molecule has 0 bridgehead atoms. The van der Waals surface area contributed by atoms with Gasteiger partial charge in [-0.15, -0.1) is 0 Å². The van der Waals surface area contributed by atoms with Crippen molar-refractivity contribution in [1.29, 1.82) is 0 Å². The van der Waals surface area contributed by atoms with E-state index < -0.39 is 0 Å². The molecule has 0 saturated carbocycles. The summed E-state index contributed by atoms with van der Waals surface area (Å²) in [5, 5.41) is 0. The summed E-state index contributed by atoms with van der Waals surface area (Å²) in [4.78, 5) is 0. The fourth-order valence-electron chi connectivity index (χ4n) is 1.11. The minimum atomic E-state index is 0.674. The molecule has 0 aromatic heterocycles. The summed E-state index contributed by atoms with van der Waals surface area (Å²) in [7, 11) is 1.61. The Morgan fingerprint density at radius 1 is 1.50 bits per heavy atom. The Labute approximate surface area is 72.7 Å². The van der Waals surface area contributed by atoms with Crippen molar-refractivity contribution in [3.63, 3.8) is 0 Å². The van der Waals surface area contributed by atoms with Crippen LogP contribution >= 0.6 is 0 Å². The molecule has 0 unspecified atom stereocenters. The first-order valence-corrected chi connectivity index (χ1v) is 3.74. The molecule has 0 fully saturated rings. The molecule has 0 aliphatic heterocycles. The van der Waals surface area contributed by atoms with Crippen LogP contribution in [0.5, 0.6) is 0 Å². The van der Waals surface area contributed by atoms with Crippen LogP contribution in [0.25, 0.3) is 5.76 Å². The molecule has 0 radical (unpaired) electrons. The van der Waals surface area contributed by atoms with E-state index in [1.54, 1.807) is 7.11 Å². The lowest BCUT2D eigenvalue weighted by Gasteiger charge is -2.07. The SMILES string of the molecule is C=C(OC)c1ccc(N)cc1C. The highest BCUT2D eigenvalue weighted by atomic mass is 16.5. The van der Waals surface area contributed by atoms with Crippen LogP contribution in [-0.4, -0.2) is 7.11 Å². The van der Waals surface area contributed by atoms with Gasteiger partial charge in [-0.3, -0.25) is 0 Å². The van der Waals surface area contributed by atoms with E-state index in [0.29, 0.717) is 5.76 Å². The maximum absolute atomic E-state index is 5.60. The van der Waals surface area contributed by atoms with Gasteiger partial charge in [0.2, 0.25) is 0 Å². The molecule has 2 heteroatoms. The molecule has 12 heavy (non-hydrogen) atoms. The van der Waals surface area contributed by atoms with E-state index in [1.165, 1.54) is 0 Å². The molecule has 1 rings (SSSR count). The first kappa shape index (κ1) is 8.65. The molecule has 0 aliphatic carbocycles. The number of benzene rings is 1. The van der Waals surface area contributed by atoms with Crippen LogP contribution in [0, 0.1) is 6.92 Å². The van der Waals surface area contributed by atoms with Gasteiger partial charge in [0.05, 0.1) is 7.11 Å². The second-order valence-electron chi connectivity index (χ2n) is 2.70. The number of ether oxygens (including phenoxy) is 1. The fourth-order valence-corrected chi connectivity index (χ4v) is 1.11. The second-order valence-corrected chi connectivity index (χ2v) is 2.70. The summed E-state index contributed by atoms with van der Waals surface area (Å²) in [6.07, 6.45) is 0. The number of aryl methyl sites for hydroxylation is 1. The van der Waals surface area contributed by atoms with Crippen LogP contribution in [0.1, 0.15) is 11.1 Å². The number of anilines is 1. The molecule has 0 aliphatic rings. The van der Waals surface area contributed by atoms with E-state index in [2.05, 4.69) is 6.58 Å². The van der Waals surface area contributed by atoms with Crippen LogP contribution in [0.3, 0.4) is 0 Å². The summed E-state index contributed by atoms with van der Waals surface area (Å²) in [5.74, 6) is 0.674. The lowest BCUT2D eigenvalue weighted by Crippen LogP contribution is -1.92. The minimum absolute atomic E-state index is 0.674. The van der Waals surface area contributed by atoms with Crippen molar-refractivity contribution < 1.29 is 4.74 Å². The monoisotopic (exact) mass is 163 g/mol. The average Bonchev–Trinajstić information content (AvgIpc) is 2.03. The van der Waals surface area contributed by atoms with E-state index in [-0.39, 0.29) is 0 Å². The van der Waals surface area contributed by atoms with Gasteiger partial charge in [-0.25, -0.2) is 0 Å². The molecule has 2 nitrogen and oxygen atoms in total. The van der Waals surface area contributed by atoms with Gasteiger partial charge in [-0.1, -0.05) is 6.58 Å². The predicted octanol–water partition coefficient (Wildman–Crippen LogP) is 2.19. The highest BCUT2D eigenvalue weighted by Crippen LogP contribution is 2.19. The van der Waals surface area contributed by atoms with Crippen LogP contribution in [0.15, 0.2) is 24.8 Å². The van der Waals surface area contributed by atoms with E-state index in [4.69, 9.17) is 10.5 Å². The first-order chi connectivity index (χ1) is 5.65. The van der Waals surface area contributed by atoms with E-state index in [0.717, 1.165) is 16.8 Å². The normalized spacial score (nSPS) is 9.50. The van der Waals surface area contributed by atoms with Gasteiger partial charge in [-0.05, 0) is 30.7 Å². The van der Waals surface area contributed by atoms with Crippen molar-refractivity contribution in [2.24, 2.45) is 0 Å². The fraction of sp³-hybridized carbons (Fsp3) is 0.200. The third kappa shape index (κ3) is 1.59. The van der Waals surface area contributed by atoms with E-state index in [9.17, 15) is 0 Å². The van der Waals surface area contributed by atoms with Gasteiger partial charge < -0.3 is 10.5 Å². The Kier molecular flexibility index (Phi) is 2.38. The third-order valence-corrected chi connectivity index (χ3v) is 1.80. The summed E-state index contributed by atoms with van der Waals surface area (Å²) < 4.78 is 5.02. The maximum atomic E-state index is 5.60.